The van der Waals surface area contributed by atoms with Crippen molar-refractivity contribution in [2.75, 3.05) is 5.73 Å². The van der Waals surface area contributed by atoms with Crippen LogP contribution in [-0.2, 0) is 6.54 Å². The second-order valence-electron chi connectivity index (χ2n) is 6.57. The summed E-state index contributed by atoms with van der Waals surface area (Å²) in [5, 5.41) is 5.22. The number of benzene rings is 2. The number of nitrogens with zero attached hydrogens (tertiary/aromatic N) is 4. The first-order chi connectivity index (χ1) is 14.2. The fraction of sp³-hybridized carbons (Fsp3) is 0.0455. The SMILES string of the molecule is Nc1nc(-c2ccccc2)nc2c1c(-c1ccco1)nn2Cc1ccccc1F. The molecule has 0 radical (unpaired) electrons. The van der Waals surface area contributed by atoms with Gasteiger partial charge in [0.25, 0.3) is 0 Å². The molecule has 7 heteroatoms. The highest BCUT2D eigenvalue weighted by molar-refractivity contribution is 5.98. The second kappa shape index (κ2) is 6.87. The van der Waals surface area contributed by atoms with Crippen molar-refractivity contribution in [3.63, 3.8) is 0 Å². The van der Waals surface area contributed by atoms with Crippen molar-refractivity contribution >= 4 is 16.9 Å². The molecular formula is C22H16FN5O. The monoisotopic (exact) mass is 385 g/mol. The van der Waals surface area contributed by atoms with E-state index in [0.29, 0.717) is 39.7 Å². The zero-order valence-corrected chi connectivity index (χ0v) is 15.3. The summed E-state index contributed by atoms with van der Waals surface area (Å²) in [5.74, 6) is 1.02. The van der Waals surface area contributed by atoms with Crippen LogP contribution < -0.4 is 5.73 Å². The van der Waals surface area contributed by atoms with Crippen molar-refractivity contribution in [1.82, 2.24) is 19.7 Å². The minimum absolute atomic E-state index is 0.203. The van der Waals surface area contributed by atoms with E-state index in [4.69, 9.17) is 15.1 Å². The fourth-order valence-electron chi connectivity index (χ4n) is 3.30. The van der Waals surface area contributed by atoms with Crippen LogP contribution in [0.5, 0.6) is 0 Å². The Kier molecular flexibility index (Phi) is 4.05. The van der Waals surface area contributed by atoms with Crippen LogP contribution in [0.3, 0.4) is 0 Å². The van der Waals surface area contributed by atoms with Gasteiger partial charge in [-0.2, -0.15) is 5.10 Å². The van der Waals surface area contributed by atoms with E-state index in [2.05, 4.69) is 10.1 Å². The summed E-state index contributed by atoms with van der Waals surface area (Å²) in [5.41, 5.74) is 8.70. The van der Waals surface area contributed by atoms with Gasteiger partial charge >= 0.3 is 0 Å². The van der Waals surface area contributed by atoms with Gasteiger partial charge in [-0.3, -0.25) is 0 Å². The maximum Gasteiger partial charge on any atom is 0.165 e. The zero-order valence-electron chi connectivity index (χ0n) is 15.3. The molecule has 2 aromatic carbocycles. The summed E-state index contributed by atoms with van der Waals surface area (Å²) in [7, 11) is 0. The lowest BCUT2D eigenvalue weighted by molar-refractivity contribution is 0.573. The van der Waals surface area contributed by atoms with Crippen LogP contribution in [0.15, 0.2) is 77.4 Å². The highest BCUT2D eigenvalue weighted by Crippen LogP contribution is 2.32. The molecule has 0 unspecified atom stereocenters. The molecule has 0 saturated heterocycles. The van der Waals surface area contributed by atoms with Crippen molar-refractivity contribution in [2.45, 2.75) is 6.54 Å². The quantitative estimate of drug-likeness (QED) is 0.492. The number of furan rings is 1. The standard InChI is InChI=1S/C22H16FN5O/c23-16-10-5-4-9-15(16)13-28-22-18(19(27-28)17-11-6-12-29-17)20(24)25-21(26-22)14-7-2-1-3-8-14/h1-12H,13H2,(H2,24,25,26). The Morgan fingerprint density at radius 3 is 2.48 bits per heavy atom. The van der Waals surface area contributed by atoms with E-state index in [1.807, 2.05) is 30.3 Å². The molecule has 0 aliphatic carbocycles. The average molecular weight is 385 g/mol. The predicted octanol–water partition coefficient (Wildman–Crippen LogP) is 4.52. The lowest BCUT2D eigenvalue weighted by Gasteiger charge is -2.07. The minimum Gasteiger partial charge on any atom is -0.463 e. The van der Waals surface area contributed by atoms with Crippen LogP contribution in [0.2, 0.25) is 0 Å². The minimum atomic E-state index is -0.305. The third kappa shape index (κ3) is 3.02. The Labute approximate surface area is 165 Å². The summed E-state index contributed by atoms with van der Waals surface area (Å²) >= 11 is 0. The topological polar surface area (TPSA) is 82.8 Å². The lowest BCUT2D eigenvalue weighted by atomic mass is 10.2. The van der Waals surface area contributed by atoms with Gasteiger partial charge in [0.2, 0.25) is 0 Å². The van der Waals surface area contributed by atoms with E-state index in [-0.39, 0.29) is 12.4 Å². The Bertz CT molecular complexity index is 1300. The molecule has 29 heavy (non-hydrogen) atoms. The molecule has 0 saturated carbocycles. The van der Waals surface area contributed by atoms with Gasteiger partial charge in [0.05, 0.1) is 18.2 Å². The Morgan fingerprint density at radius 1 is 0.931 bits per heavy atom. The number of fused-ring (bicyclic) bond motifs is 1. The first kappa shape index (κ1) is 17.1. The first-order valence-corrected chi connectivity index (χ1v) is 9.07. The Hall–Kier alpha value is -4.00. The van der Waals surface area contributed by atoms with Crippen molar-refractivity contribution in [2.24, 2.45) is 0 Å². The number of rotatable bonds is 4. The summed E-state index contributed by atoms with van der Waals surface area (Å²) in [6.07, 6.45) is 1.56. The van der Waals surface area contributed by atoms with Crippen LogP contribution in [0.4, 0.5) is 10.2 Å². The van der Waals surface area contributed by atoms with Gasteiger partial charge < -0.3 is 10.2 Å². The molecule has 5 rings (SSSR count). The summed E-state index contributed by atoms with van der Waals surface area (Å²) in [6, 6.07) is 19.7. The molecule has 0 fully saturated rings. The molecule has 0 aliphatic heterocycles. The molecule has 142 valence electrons. The number of aromatic nitrogens is 4. The van der Waals surface area contributed by atoms with E-state index < -0.39 is 0 Å². The summed E-state index contributed by atoms with van der Waals surface area (Å²) in [4.78, 5) is 9.19. The molecule has 0 spiro atoms. The van der Waals surface area contributed by atoms with Crippen LogP contribution in [0, 0.1) is 5.82 Å². The zero-order chi connectivity index (χ0) is 19.8. The highest BCUT2D eigenvalue weighted by atomic mass is 19.1. The largest absolute Gasteiger partial charge is 0.463 e. The molecule has 3 heterocycles. The van der Waals surface area contributed by atoms with Crippen molar-refractivity contribution in [3.8, 4) is 22.8 Å². The van der Waals surface area contributed by atoms with E-state index in [1.165, 1.54) is 6.07 Å². The second-order valence-corrected chi connectivity index (χ2v) is 6.57. The first-order valence-electron chi connectivity index (χ1n) is 9.07. The maximum atomic E-state index is 14.3. The third-order valence-corrected chi connectivity index (χ3v) is 4.68. The molecule has 0 bridgehead atoms. The van der Waals surface area contributed by atoms with Gasteiger partial charge in [-0.1, -0.05) is 48.5 Å². The Morgan fingerprint density at radius 2 is 1.72 bits per heavy atom. The number of nitrogens with two attached hydrogens (primary N) is 1. The van der Waals surface area contributed by atoms with Crippen molar-refractivity contribution < 1.29 is 8.81 Å². The van der Waals surface area contributed by atoms with E-state index >= 15 is 0 Å². The molecule has 5 aromatic rings. The Balaban J connectivity index is 1.74. The third-order valence-electron chi connectivity index (χ3n) is 4.68. The maximum absolute atomic E-state index is 14.3. The van der Waals surface area contributed by atoms with Crippen molar-refractivity contribution in [3.05, 3.63) is 84.4 Å². The van der Waals surface area contributed by atoms with Gasteiger partial charge in [0, 0.05) is 11.1 Å². The van der Waals surface area contributed by atoms with Gasteiger partial charge in [0.1, 0.15) is 17.3 Å². The molecule has 6 nitrogen and oxygen atoms in total. The fourth-order valence-corrected chi connectivity index (χ4v) is 3.30. The number of hydrogen-bond acceptors (Lipinski definition) is 5. The smallest absolute Gasteiger partial charge is 0.165 e. The van der Waals surface area contributed by atoms with Gasteiger partial charge in [0.15, 0.2) is 17.2 Å². The number of anilines is 1. The van der Waals surface area contributed by atoms with Gasteiger partial charge in [-0.25, -0.2) is 19.0 Å². The number of nitrogen functional groups attached to an aromatic ring is 1. The van der Waals surface area contributed by atoms with Crippen molar-refractivity contribution in [1.29, 1.82) is 0 Å². The van der Waals surface area contributed by atoms with Crippen LogP contribution in [0.1, 0.15) is 5.56 Å². The van der Waals surface area contributed by atoms with E-state index in [0.717, 1.165) is 5.56 Å². The predicted molar refractivity (Wildman–Crippen MR) is 108 cm³/mol. The molecule has 0 amide bonds. The van der Waals surface area contributed by atoms with Gasteiger partial charge in [-0.15, -0.1) is 0 Å². The summed E-state index contributed by atoms with van der Waals surface area (Å²) < 4.78 is 21.4. The number of hydrogen-bond donors (Lipinski definition) is 1. The van der Waals surface area contributed by atoms with E-state index in [9.17, 15) is 4.39 Å². The van der Waals surface area contributed by atoms with Crippen LogP contribution in [-0.4, -0.2) is 19.7 Å². The molecule has 3 aromatic heterocycles. The molecule has 0 atom stereocenters. The molecular weight excluding hydrogens is 369 g/mol. The van der Waals surface area contributed by atoms with E-state index in [1.54, 1.807) is 41.3 Å². The lowest BCUT2D eigenvalue weighted by Crippen LogP contribution is -2.06. The normalized spacial score (nSPS) is 11.2. The highest BCUT2D eigenvalue weighted by Gasteiger charge is 2.21. The van der Waals surface area contributed by atoms with Gasteiger partial charge in [-0.05, 0) is 18.2 Å². The molecule has 2 N–H and O–H groups in total. The summed E-state index contributed by atoms with van der Waals surface area (Å²) in [6.45, 7) is 0.203. The number of halogens is 1. The van der Waals surface area contributed by atoms with Crippen LogP contribution in [0.25, 0.3) is 33.9 Å². The van der Waals surface area contributed by atoms with Crippen LogP contribution >= 0.6 is 0 Å². The average Bonchev–Trinajstić information content (AvgIpc) is 3.39. The molecule has 0 aliphatic rings.